The minimum Gasteiger partial charge on any atom is -0.616 e. The summed E-state index contributed by atoms with van der Waals surface area (Å²) in [7, 11) is 0. The molecule has 0 N–H and O–H groups in total. The van der Waals surface area contributed by atoms with Crippen LogP contribution in [0.1, 0.15) is 42.4 Å². The second-order valence-electron chi connectivity index (χ2n) is 13.4. The molecule has 47 heavy (non-hydrogen) atoms. The summed E-state index contributed by atoms with van der Waals surface area (Å²) in [4.78, 5) is 33.9. The molecule has 0 unspecified atom stereocenters. The Kier molecular flexibility index (Phi) is 9.66. The van der Waals surface area contributed by atoms with Gasteiger partial charge in [-0.2, -0.15) is 0 Å². The van der Waals surface area contributed by atoms with Crippen molar-refractivity contribution in [2.24, 2.45) is 0 Å². The highest BCUT2D eigenvalue weighted by molar-refractivity contribution is 7.91. The molecule has 9 heteroatoms. The van der Waals surface area contributed by atoms with Crippen LogP contribution >= 0.6 is 0 Å². The first-order valence-corrected chi connectivity index (χ1v) is 17.9. The number of piperazine rings is 1. The van der Waals surface area contributed by atoms with E-state index < -0.39 is 16.8 Å². The summed E-state index contributed by atoms with van der Waals surface area (Å²) in [6, 6.07) is 30.4. The number of nitrogens with zero attached hydrogens (tertiary/aromatic N) is 4. The van der Waals surface area contributed by atoms with E-state index in [4.69, 9.17) is 4.74 Å². The first kappa shape index (κ1) is 32.7. The van der Waals surface area contributed by atoms with Crippen molar-refractivity contribution in [3.8, 4) is 16.9 Å². The van der Waals surface area contributed by atoms with Crippen LogP contribution in [-0.4, -0.2) is 86.8 Å². The van der Waals surface area contributed by atoms with Gasteiger partial charge in [-0.05, 0) is 69.5 Å². The van der Waals surface area contributed by atoms with Crippen LogP contribution < -0.4 is 4.90 Å². The second kappa shape index (κ2) is 13.9. The minimum atomic E-state index is -0.757. The van der Waals surface area contributed by atoms with Gasteiger partial charge in [0.25, 0.3) is 5.91 Å². The molecule has 3 aromatic carbocycles. The molecule has 246 valence electrons. The zero-order valence-corrected chi connectivity index (χ0v) is 28.5. The van der Waals surface area contributed by atoms with E-state index in [0.717, 1.165) is 47.0 Å². The molecule has 2 amide bonds. The van der Waals surface area contributed by atoms with Gasteiger partial charge in [-0.1, -0.05) is 77.9 Å². The van der Waals surface area contributed by atoms with Crippen molar-refractivity contribution in [1.29, 1.82) is 0 Å². The number of aryl methyl sites for hydroxylation is 1. The SMILES string of the molecule is Cc1cc(C(=O)N2CCN(C(=O)OC(C)(C)C)C[C@H]2Cc2ccccc2)c(-c2ccccc2)n1-c1cccc(N2CC[S+]([O-])CC2)c1. The average Bonchev–Trinajstić information content (AvgIpc) is 3.42. The summed E-state index contributed by atoms with van der Waals surface area (Å²) >= 11 is -0.757. The lowest BCUT2D eigenvalue weighted by molar-refractivity contribution is 0.00440. The number of benzene rings is 3. The van der Waals surface area contributed by atoms with E-state index in [1.807, 2.05) is 87.2 Å². The van der Waals surface area contributed by atoms with E-state index in [1.165, 1.54) is 0 Å². The lowest BCUT2D eigenvalue weighted by atomic mass is 10.00. The molecule has 0 radical (unpaired) electrons. The van der Waals surface area contributed by atoms with Crippen molar-refractivity contribution in [2.75, 3.05) is 49.1 Å². The Labute approximate surface area is 281 Å². The molecule has 3 heterocycles. The number of ether oxygens (including phenoxy) is 1. The minimum absolute atomic E-state index is 0.0508. The van der Waals surface area contributed by atoms with Crippen molar-refractivity contribution < 1.29 is 18.9 Å². The fourth-order valence-electron chi connectivity index (χ4n) is 6.57. The fourth-order valence-corrected chi connectivity index (χ4v) is 7.62. The van der Waals surface area contributed by atoms with Gasteiger partial charge in [0.05, 0.1) is 30.4 Å². The molecular weight excluding hydrogens is 609 g/mol. The molecule has 2 aliphatic heterocycles. The van der Waals surface area contributed by atoms with Crippen molar-refractivity contribution in [1.82, 2.24) is 14.4 Å². The highest BCUT2D eigenvalue weighted by Gasteiger charge is 2.36. The van der Waals surface area contributed by atoms with Crippen LogP contribution in [0, 0.1) is 6.92 Å². The lowest BCUT2D eigenvalue weighted by Gasteiger charge is -2.42. The summed E-state index contributed by atoms with van der Waals surface area (Å²) in [6.45, 7) is 10.4. The standard InChI is InChI=1S/C38H44N4O4S/c1-28-24-34(36(43)41-19-18-40(37(44)46-38(2,3)4)27-33(41)25-29-12-7-5-8-13-29)35(30-14-9-6-10-15-30)42(28)32-17-11-16-31(26-32)39-20-22-47(45)23-21-39/h5-17,24,26,33H,18-23,25,27H2,1-4H3/t33-/m1/s1. The third-order valence-electron chi connectivity index (χ3n) is 8.80. The van der Waals surface area contributed by atoms with Gasteiger partial charge in [0, 0.05) is 36.7 Å². The topological polar surface area (TPSA) is 81.1 Å². The number of carbonyl (C=O) groups is 2. The van der Waals surface area contributed by atoms with Crippen molar-refractivity contribution in [3.63, 3.8) is 0 Å². The maximum atomic E-state index is 14.8. The van der Waals surface area contributed by atoms with E-state index >= 15 is 0 Å². The van der Waals surface area contributed by atoms with Crippen LogP contribution in [-0.2, 0) is 22.3 Å². The normalized spacial score (nSPS) is 17.6. The molecule has 4 aromatic rings. The van der Waals surface area contributed by atoms with Crippen molar-refractivity contribution in [2.45, 2.75) is 45.8 Å². The third-order valence-corrected chi connectivity index (χ3v) is 10.1. The van der Waals surface area contributed by atoms with Gasteiger partial charge in [-0.3, -0.25) is 4.79 Å². The Balaban J connectivity index is 1.37. The predicted octanol–water partition coefficient (Wildman–Crippen LogP) is 6.33. The van der Waals surface area contributed by atoms with E-state index in [0.29, 0.717) is 43.1 Å². The number of amides is 2. The largest absolute Gasteiger partial charge is 0.616 e. The summed E-state index contributed by atoms with van der Waals surface area (Å²) in [6.07, 6.45) is 0.268. The van der Waals surface area contributed by atoms with Gasteiger partial charge in [0.1, 0.15) is 17.1 Å². The van der Waals surface area contributed by atoms with Crippen molar-refractivity contribution >= 4 is 28.9 Å². The second-order valence-corrected chi connectivity index (χ2v) is 15.1. The molecule has 1 aromatic heterocycles. The Bertz CT molecular complexity index is 1690. The van der Waals surface area contributed by atoms with E-state index in [2.05, 4.69) is 45.9 Å². The zero-order valence-electron chi connectivity index (χ0n) is 27.7. The van der Waals surface area contributed by atoms with Crippen LogP contribution in [0.2, 0.25) is 0 Å². The van der Waals surface area contributed by atoms with Gasteiger partial charge >= 0.3 is 6.09 Å². The Morgan fingerprint density at radius 3 is 2.19 bits per heavy atom. The Morgan fingerprint density at radius 2 is 1.51 bits per heavy atom. The summed E-state index contributed by atoms with van der Waals surface area (Å²) < 4.78 is 19.9. The number of aromatic nitrogens is 1. The fraction of sp³-hybridized carbons (Fsp3) is 0.368. The molecule has 1 atom stereocenters. The van der Waals surface area contributed by atoms with Crippen LogP contribution in [0.25, 0.3) is 16.9 Å². The summed E-state index contributed by atoms with van der Waals surface area (Å²) in [5.74, 6) is 1.29. The number of hydrogen-bond acceptors (Lipinski definition) is 5. The monoisotopic (exact) mass is 652 g/mol. The number of anilines is 1. The highest BCUT2D eigenvalue weighted by Crippen LogP contribution is 2.34. The number of hydrogen-bond donors (Lipinski definition) is 0. The molecule has 8 nitrogen and oxygen atoms in total. The zero-order chi connectivity index (χ0) is 33.1. The van der Waals surface area contributed by atoms with Gasteiger partial charge in [0.2, 0.25) is 0 Å². The first-order chi connectivity index (χ1) is 22.6. The van der Waals surface area contributed by atoms with Crippen LogP contribution in [0.15, 0.2) is 91.0 Å². The molecule has 0 aliphatic carbocycles. The Hall–Kier alpha value is -4.21. The maximum Gasteiger partial charge on any atom is 0.410 e. The summed E-state index contributed by atoms with van der Waals surface area (Å²) in [5.41, 5.74) is 5.95. The molecular formula is C38H44N4O4S. The van der Waals surface area contributed by atoms with Crippen LogP contribution in [0.3, 0.4) is 0 Å². The van der Waals surface area contributed by atoms with Crippen LogP contribution in [0.5, 0.6) is 0 Å². The van der Waals surface area contributed by atoms with Gasteiger partial charge < -0.3 is 28.6 Å². The molecule has 2 aliphatic rings. The van der Waals surface area contributed by atoms with E-state index in [9.17, 15) is 14.1 Å². The lowest BCUT2D eigenvalue weighted by Crippen LogP contribution is -2.57. The summed E-state index contributed by atoms with van der Waals surface area (Å²) in [5, 5.41) is 0. The smallest absolute Gasteiger partial charge is 0.410 e. The average molecular weight is 653 g/mol. The van der Waals surface area contributed by atoms with Gasteiger partial charge in [-0.15, -0.1) is 0 Å². The molecule has 2 saturated heterocycles. The maximum absolute atomic E-state index is 14.8. The van der Waals surface area contributed by atoms with E-state index in [-0.39, 0.29) is 18.0 Å². The number of rotatable bonds is 6. The van der Waals surface area contributed by atoms with Crippen molar-refractivity contribution in [3.05, 3.63) is 108 Å². The molecule has 0 saturated carbocycles. The first-order valence-electron chi connectivity index (χ1n) is 16.4. The third kappa shape index (κ3) is 7.52. The number of carbonyl (C=O) groups excluding carboxylic acids is 2. The molecule has 0 bridgehead atoms. The predicted molar refractivity (Wildman–Crippen MR) is 189 cm³/mol. The quantitative estimate of drug-likeness (QED) is 0.228. The van der Waals surface area contributed by atoms with Gasteiger partial charge in [0.15, 0.2) is 0 Å². The van der Waals surface area contributed by atoms with Gasteiger partial charge in [-0.25, -0.2) is 4.79 Å². The molecule has 6 rings (SSSR count). The molecule has 2 fully saturated rings. The van der Waals surface area contributed by atoms with E-state index in [1.54, 1.807) is 4.90 Å². The van der Waals surface area contributed by atoms with Crippen LogP contribution in [0.4, 0.5) is 10.5 Å². The molecule has 0 spiro atoms. The Morgan fingerprint density at radius 1 is 0.851 bits per heavy atom. The highest BCUT2D eigenvalue weighted by atomic mass is 32.2.